The summed E-state index contributed by atoms with van der Waals surface area (Å²) in [5.41, 5.74) is 2.00. The van der Waals surface area contributed by atoms with Crippen molar-refractivity contribution in [1.29, 1.82) is 0 Å². The second-order valence-corrected chi connectivity index (χ2v) is 8.81. The number of sulfonamides is 1. The Labute approximate surface area is 161 Å². The molecule has 1 N–H and O–H groups in total. The molecule has 5 nitrogen and oxygen atoms in total. The van der Waals surface area contributed by atoms with Crippen LogP contribution in [0.2, 0.25) is 0 Å². The number of nitrogens with zero attached hydrogens (tertiary/aromatic N) is 1. The average molecular weight is 443 g/mol. The number of halogens is 2. The molecule has 140 valence electrons. The minimum Gasteiger partial charge on any atom is -0.348 e. The number of anilines is 1. The first kappa shape index (κ1) is 20.4. The molecule has 0 fully saturated rings. The van der Waals surface area contributed by atoms with E-state index in [1.807, 2.05) is 6.92 Å². The Kier molecular flexibility index (Phi) is 6.41. The summed E-state index contributed by atoms with van der Waals surface area (Å²) in [7, 11) is -3.64. The maximum Gasteiger partial charge on any atom is 0.241 e. The van der Waals surface area contributed by atoms with Crippen molar-refractivity contribution in [3.63, 3.8) is 0 Å². The topological polar surface area (TPSA) is 66.5 Å². The SMILES string of the molecule is Cc1cc(N(CC(=O)N[C@H](C)c2ccc(F)cc2)S(C)(=O)=O)ccc1Br. The molecule has 26 heavy (non-hydrogen) atoms. The van der Waals surface area contributed by atoms with Gasteiger partial charge in [0.05, 0.1) is 18.0 Å². The molecule has 0 spiro atoms. The van der Waals surface area contributed by atoms with E-state index in [1.54, 1.807) is 37.3 Å². The van der Waals surface area contributed by atoms with Crippen LogP contribution in [-0.2, 0) is 14.8 Å². The van der Waals surface area contributed by atoms with Crippen molar-refractivity contribution >= 4 is 37.5 Å². The predicted molar refractivity (Wildman–Crippen MR) is 104 cm³/mol. The molecule has 0 aromatic heterocycles. The van der Waals surface area contributed by atoms with E-state index in [2.05, 4.69) is 21.2 Å². The van der Waals surface area contributed by atoms with E-state index in [0.717, 1.165) is 26.2 Å². The number of aryl methyl sites for hydroxylation is 1. The van der Waals surface area contributed by atoms with Crippen LogP contribution in [0.4, 0.5) is 10.1 Å². The van der Waals surface area contributed by atoms with Crippen LogP contribution in [0.5, 0.6) is 0 Å². The maximum atomic E-state index is 13.0. The molecule has 0 aliphatic heterocycles. The fourth-order valence-electron chi connectivity index (χ4n) is 2.44. The number of benzene rings is 2. The highest BCUT2D eigenvalue weighted by molar-refractivity contribution is 9.10. The van der Waals surface area contributed by atoms with Gasteiger partial charge in [-0.3, -0.25) is 9.10 Å². The van der Waals surface area contributed by atoms with Crippen LogP contribution in [0, 0.1) is 12.7 Å². The van der Waals surface area contributed by atoms with Gasteiger partial charge in [0.25, 0.3) is 0 Å². The third kappa shape index (κ3) is 5.28. The molecule has 2 aromatic rings. The zero-order valence-electron chi connectivity index (χ0n) is 14.7. The predicted octanol–water partition coefficient (Wildman–Crippen LogP) is 3.54. The van der Waals surface area contributed by atoms with Crippen molar-refractivity contribution in [3.05, 3.63) is 63.9 Å². The normalized spacial score (nSPS) is 12.5. The number of carbonyl (C=O) groups excluding carboxylic acids is 1. The highest BCUT2D eigenvalue weighted by atomic mass is 79.9. The van der Waals surface area contributed by atoms with Crippen molar-refractivity contribution in [1.82, 2.24) is 5.32 Å². The van der Waals surface area contributed by atoms with Gasteiger partial charge in [-0.2, -0.15) is 0 Å². The average Bonchev–Trinajstić information content (AvgIpc) is 2.55. The zero-order chi connectivity index (χ0) is 19.5. The monoisotopic (exact) mass is 442 g/mol. The molecule has 1 atom stereocenters. The summed E-state index contributed by atoms with van der Waals surface area (Å²) in [6.45, 7) is 3.25. The summed E-state index contributed by atoms with van der Waals surface area (Å²) >= 11 is 3.37. The third-order valence-corrected chi connectivity index (χ3v) is 5.89. The fourth-order valence-corrected chi connectivity index (χ4v) is 3.53. The van der Waals surface area contributed by atoms with Gasteiger partial charge in [0.1, 0.15) is 12.4 Å². The molecule has 2 aromatic carbocycles. The highest BCUT2D eigenvalue weighted by Crippen LogP contribution is 2.24. The standard InChI is InChI=1S/C18H20BrFN2O3S/c1-12-10-16(8-9-17(12)19)22(26(3,24)25)11-18(23)21-13(2)14-4-6-15(20)7-5-14/h4-10,13H,11H2,1-3H3,(H,21,23)/t13-/m1/s1. The van der Waals surface area contributed by atoms with E-state index in [9.17, 15) is 17.6 Å². The van der Waals surface area contributed by atoms with Crippen LogP contribution >= 0.6 is 15.9 Å². The third-order valence-electron chi connectivity index (χ3n) is 3.86. The molecular formula is C18H20BrFN2O3S. The van der Waals surface area contributed by atoms with Gasteiger partial charge in [-0.1, -0.05) is 28.1 Å². The Morgan fingerprint density at radius 3 is 2.38 bits per heavy atom. The van der Waals surface area contributed by atoms with Crippen LogP contribution in [0.3, 0.4) is 0 Å². The van der Waals surface area contributed by atoms with E-state index in [4.69, 9.17) is 0 Å². The minimum atomic E-state index is -3.64. The van der Waals surface area contributed by atoms with E-state index in [1.165, 1.54) is 12.1 Å². The summed E-state index contributed by atoms with van der Waals surface area (Å²) in [4.78, 5) is 12.4. The lowest BCUT2D eigenvalue weighted by molar-refractivity contribution is -0.120. The van der Waals surface area contributed by atoms with E-state index in [0.29, 0.717) is 5.69 Å². The van der Waals surface area contributed by atoms with Crippen molar-refractivity contribution < 1.29 is 17.6 Å². The summed E-state index contributed by atoms with van der Waals surface area (Å²) in [5, 5.41) is 2.74. The number of rotatable bonds is 6. The van der Waals surface area contributed by atoms with Gasteiger partial charge in [0.2, 0.25) is 15.9 Å². The number of carbonyl (C=O) groups is 1. The Hall–Kier alpha value is -1.93. The lowest BCUT2D eigenvalue weighted by Crippen LogP contribution is -2.41. The fraction of sp³-hybridized carbons (Fsp3) is 0.278. The quantitative estimate of drug-likeness (QED) is 0.743. The van der Waals surface area contributed by atoms with Crippen LogP contribution < -0.4 is 9.62 Å². The first-order chi connectivity index (χ1) is 12.1. The van der Waals surface area contributed by atoms with Gasteiger partial charge in [-0.05, 0) is 55.3 Å². The van der Waals surface area contributed by atoms with Crippen LogP contribution in [0.1, 0.15) is 24.1 Å². The second-order valence-electron chi connectivity index (χ2n) is 6.04. The molecule has 0 saturated heterocycles. The molecule has 0 saturated carbocycles. The largest absolute Gasteiger partial charge is 0.348 e. The maximum absolute atomic E-state index is 13.0. The first-order valence-corrected chi connectivity index (χ1v) is 10.5. The Morgan fingerprint density at radius 2 is 1.85 bits per heavy atom. The lowest BCUT2D eigenvalue weighted by atomic mass is 10.1. The van der Waals surface area contributed by atoms with Crippen LogP contribution in [-0.4, -0.2) is 27.1 Å². The minimum absolute atomic E-state index is 0.342. The van der Waals surface area contributed by atoms with Gasteiger partial charge in [0, 0.05) is 4.47 Å². The van der Waals surface area contributed by atoms with Crippen molar-refractivity contribution in [3.8, 4) is 0 Å². The molecule has 8 heteroatoms. The summed E-state index contributed by atoms with van der Waals surface area (Å²) in [6.07, 6.45) is 1.06. The summed E-state index contributed by atoms with van der Waals surface area (Å²) in [5.74, 6) is -0.811. The van der Waals surface area contributed by atoms with Crippen molar-refractivity contribution in [2.45, 2.75) is 19.9 Å². The van der Waals surface area contributed by atoms with Crippen molar-refractivity contribution in [2.24, 2.45) is 0 Å². The first-order valence-electron chi connectivity index (χ1n) is 7.86. The van der Waals surface area contributed by atoms with Crippen LogP contribution in [0.15, 0.2) is 46.9 Å². The van der Waals surface area contributed by atoms with Gasteiger partial charge >= 0.3 is 0 Å². The number of amides is 1. The van der Waals surface area contributed by atoms with Gasteiger partial charge in [0.15, 0.2) is 0 Å². The van der Waals surface area contributed by atoms with Gasteiger partial charge in [-0.25, -0.2) is 12.8 Å². The molecule has 2 rings (SSSR count). The number of hydrogen-bond donors (Lipinski definition) is 1. The lowest BCUT2D eigenvalue weighted by Gasteiger charge is -2.24. The van der Waals surface area contributed by atoms with Gasteiger partial charge < -0.3 is 5.32 Å². The van der Waals surface area contributed by atoms with Crippen LogP contribution in [0.25, 0.3) is 0 Å². The molecule has 0 radical (unpaired) electrons. The summed E-state index contributed by atoms with van der Waals surface area (Å²) < 4.78 is 39.2. The molecular weight excluding hydrogens is 423 g/mol. The number of nitrogens with one attached hydrogen (secondary N) is 1. The number of hydrogen-bond acceptors (Lipinski definition) is 3. The molecule has 0 unspecified atom stereocenters. The molecule has 0 aliphatic carbocycles. The van der Waals surface area contributed by atoms with E-state index < -0.39 is 15.9 Å². The Bertz CT molecular complexity index is 901. The Balaban J connectivity index is 2.16. The van der Waals surface area contributed by atoms with Gasteiger partial charge in [-0.15, -0.1) is 0 Å². The van der Waals surface area contributed by atoms with E-state index in [-0.39, 0.29) is 18.4 Å². The van der Waals surface area contributed by atoms with E-state index >= 15 is 0 Å². The van der Waals surface area contributed by atoms with Crippen molar-refractivity contribution in [2.75, 3.05) is 17.1 Å². The zero-order valence-corrected chi connectivity index (χ0v) is 17.1. The molecule has 1 amide bonds. The molecule has 0 heterocycles. The second kappa shape index (κ2) is 8.18. The Morgan fingerprint density at radius 1 is 1.23 bits per heavy atom. The molecule has 0 bridgehead atoms. The smallest absolute Gasteiger partial charge is 0.241 e. The summed E-state index contributed by atoms with van der Waals surface area (Å²) in [6, 6.07) is 10.5. The highest BCUT2D eigenvalue weighted by Gasteiger charge is 2.22. The molecule has 0 aliphatic rings.